The second-order valence-electron chi connectivity index (χ2n) is 7.01. The number of sulfonamides is 1. The Morgan fingerprint density at radius 1 is 1.04 bits per heavy atom. The van der Waals surface area contributed by atoms with Crippen LogP contribution >= 0.6 is 0 Å². The van der Waals surface area contributed by atoms with E-state index in [9.17, 15) is 13.2 Å². The summed E-state index contributed by atoms with van der Waals surface area (Å²) in [5.41, 5.74) is 2.21. The van der Waals surface area contributed by atoms with Gasteiger partial charge in [-0.1, -0.05) is 19.3 Å². The Hall–Kier alpha value is -1.40. The van der Waals surface area contributed by atoms with E-state index in [2.05, 4.69) is 4.72 Å². The van der Waals surface area contributed by atoms with Crippen molar-refractivity contribution in [3.05, 3.63) is 23.3 Å². The zero-order valence-electron chi connectivity index (χ0n) is 14.5. The Balaban J connectivity index is 1.88. The molecule has 1 N–H and O–H groups in total. The maximum absolute atomic E-state index is 12.8. The smallest absolute Gasteiger partial charge is 0.241 e. The average Bonchev–Trinajstić information content (AvgIpc) is 2.93. The van der Waals surface area contributed by atoms with E-state index in [1.807, 2.05) is 26.0 Å². The quantitative estimate of drug-likeness (QED) is 0.907. The minimum Gasteiger partial charge on any atom is -0.312 e. The molecule has 24 heavy (non-hydrogen) atoms. The summed E-state index contributed by atoms with van der Waals surface area (Å²) in [7, 11) is -3.53. The summed E-state index contributed by atoms with van der Waals surface area (Å²) in [5.74, 6) is 0.115. The maximum Gasteiger partial charge on any atom is 0.241 e. The fourth-order valence-corrected chi connectivity index (χ4v) is 5.69. The standard InChI is InChI=1S/C18H26N2O3S/c1-13-11-16(20-10-6-9-17(20)21)12-14(2)18(13)24(22,23)19-15-7-4-3-5-8-15/h11-12,15,19H,3-10H2,1-2H3. The molecule has 5 nitrogen and oxygen atoms in total. The fraction of sp³-hybridized carbons (Fsp3) is 0.611. The van der Waals surface area contributed by atoms with Gasteiger partial charge in [0.25, 0.3) is 0 Å². The summed E-state index contributed by atoms with van der Waals surface area (Å²) in [6, 6.07) is 3.69. The van der Waals surface area contributed by atoms with Crippen LogP contribution in [-0.4, -0.2) is 26.9 Å². The summed E-state index contributed by atoms with van der Waals surface area (Å²) < 4.78 is 28.6. The highest BCUT2D eigenvalue weighted by Gasteiger charge is 2.27. The van der Waals surface area contributed by atoms with Crippen molar-refractivity contribution in [3.63, 3.8) is 0 Å². The molecule has 3 rings (SSSR count). The first kappa shape index (κ1) is 17.4. The SMILES string of the molecule is Cc1cc(N2CCCC2=O)cc(C)c1S(=O)(=O)NC1CCCCC1. The van der Waals surface area contributed by atoms with E-state index in [4.69, 9.17) is 0 Å². The van der Waals surface area contributed by atoms with Gasteiger partial charge in [0.1, 0.15) is 0 Å². The van der Waals surface area contributed by atoms with E-state index in [0.29, 0.717) is 29.0 Å². The zero-order chi connectivity index (χ0) is 17.3. The van der Waals surface area contributed by atoms with Gasteiger partial charge in [-0.3, -0.25) is 4.79 Å². The molecule has 1 saturated heterocycles. The molecular formula is C18H26N2O3S. The van der Waals surface area contributed by atoms with Crippen LogP contribution in [0.2, 0.25) is 0 Å². The Kier molecular flexibility index (Phi) is 4.97. The number of nitrogens with one attached hydrogen (secondary N) is 1. The van der Waals surface area contributed by atoms with Crippen LogP contribution in [0.25, 0.3) is 0 Å². The fourth-order valence-electron chi connectivity index (χ4n) is 3.93. The molecule has 1 aliphatic carbocycles. The highest BCUT2D eigenvalue weighted by molar-refractivity contribution is 7.89. The number of hydrogen-bond acceptors (Lipinski definition) is 3. The molecule has 0 aromatic heterocycles. The molecule has 6 heteroatoms. The number of benzene rings is 1. The minimum atomic E-state index is -3.53. The van der Waals surface area contributed by atoms with Crippen molar-refractivity contribution >= 4 is 21.6 Å². The molecule has 1 aliphatic heterocycles. The van der Waals surface area contributed by atoms with Gasteiger partial charge in [0.05, 0.1) is 4.90 Å². The van der Waals surface area contributed by atoms with Crippen LogP contribution < -0.4 is 9.62 Å². The van der Waals surface area contributed by atoms with Crippen LogP contribution in [0.1, 0.15) is 56.1 Å². The topological polar surface area (TPSA) is 66.5 Å². The number of carbonyl (C=O) groups is 1. The number of nitrogens with zero attached hydrogens (tertiary/aromatic N) is 1. The molecule has 132 valence electrons. The number of anilines is 1. The van der Waals surface area contributed by atoms with Crippen molar-refractivity contribution in [3.8, 4) is 0 Å². The molecule has 0 spiro atoms. The van der Waals surface area contributed by atoms with Gasteiger partial charge in [-0.05, 0) is 56.4 Å². The summed E-state index contributed by atoms with van der Waals surface area (Å²) >= 11 is 0. The van der Waals surface area contributed by atoms with E-state index >= 15 is 0 Å². The van der Waals surface area contributed by atoms with Crippen LogP contribution in [0, 0.1) is 13.8 Å². The van der Waals surface area contributed by atoms with E-state index in [1.165, 1.54) is 6.42 Å². The van der Waals surface area contributed by atoms with Crippen molar-refractivity contribution in [2.45, 2.75) is 69.7 Å². The molecule has 1 aromatic carbocycles. The lowest BCUT2D eigenvalue weighted by molar-refractivity contribution is -0.117. The molecule has 2 aliphatic rings. The minimum absolute atomic E-state index is 0.0439. The maximum atomic E-state index is 12.8. The van der Waals surface area contributed by atoms with Gasteiger partial charge in [-0.25, -0.2) is 13.1 Å². The Bertz CT molecular complexity index is 714. The van der Waals surface area contributed by atoms with E-state index in [0.717, 1.165) is 37.8 Å². The number of amides is 1. The van der Waals surface area contributed by atoms with Crippen LogP contribution in [-0.2, 0) is 14.8 Å². The van der Waals surface area contributed by atoms with Crippen molar-refractivity contribution in [1.29, 1.82) is 0 Å². The second kappa shape index (κ2) is 6.84. The summed E-state index contributed by atoms with van der Waals surface area (Å²) in [6.07, 6.45) is 6.62. The van der Waals surface area contributed by atoms with Crippen molar-refractivity contribution in [2.24, 2.45) is 0 Å². The molecule has 1 aromatic rings. The lowest BCUT2D eigenvalue weighted by Gasteiger charge is -2.24. The van der Waals surface area contributed by atoms with Gasteiger partial charge >= 0.3 is 0 Å². The number of aryl methyl sites for hydroxylation is 2. The third kappa shape index (κ3) is 3.49. The Morgan fingerprint density at radius 3 is 2.21 bits per heavy atom. The van der Waals surface area contributed by atoms with Crippen molar-refractivity contribution < 1.29 is 13.2 Å². The molecule has 2 fully saturated rings. The molecule has 0 radical (unpaired) electrons. The number of rotatable bonds is 4. The van der Waals surface area contributed by atoms with E-state index < -0.39 is 10.0 Å². The molecule has 1 amide bonds. The van der Waals surface area contributed by atoms with Gasteiger partial charge in [-0.2, -0.15) is 0 Å². The van der Waals surface area contributed by atoms with Crippen LogP contribution in [0.4, 0.5) is 5.69 Å². The normalized spacial score (nSPS) is 19.9. The largest absolute Gasteiger partial charge is 0.312 e. The van der Waals surface area contributed by atoms with Gasteiger partial charge in [0, 0.05) is 24.7 Å². The number of hydrogen-bond donors (Lipinski definition) is 1. The van der Waals surface area contributed by atoms with Crippen LogP contribution in [0.15, 0.2) is 17.0 Å². The van der Waals surface area contributed by atoms with Gasteiger partial charge in [0.15, 0.2) is 0 Å². The Labute approximate surface area is 144 Å². The van der Waals surface area contributed by atoms with Gasteiger partial charge in [-0.15, -0.1) is 0 Å². The Morgan fingerprint density at radius 2 is 1.67 bits per heavy atom. The molecule has 1 saturated carbocycles. The number of carbonyl (C=O) groups excluding carboxylic acids is 1. The van der Waals surface area contributed by atoms with Crippen LogP contribution in [0.5, 0.6) is 0 Å². The lowest BCUT2D eigenvalue weighted by Crippen LogP contribution is -2.36. The van der Waals surface area contributed by atoms with Crippen LogP contribution in [0.3, 0.4) is 0 Å². The summed E-state index contributed by atoms with van der Waals surface area (Å²) in [4.78, 5) is 14.1. The summed E-state index contributed by atoms with van der Waals surface area (Å²) in [6.45, 7) is 4.34. The van der Waals surface area contributed by atoms with E-state index in [-0.39, 0.29) is 11.9 Å². The monoisotopic (exact) mass is 350 g/mol. The third-order valence-electron chi connectivity index (χ3n) is 5.03. The molecular weight excluding hydrogens is 324 g/mol. The van der Waals surface area contributed by atoms with Crippen molar-refractivity contribution in [1.82, 2.24) is 4.72 Å². The highest BCUT2D eigenvalue weighted by Crippen LogP contribution is 2.30. The molecule has 0 unspecified atom stereocenters. The first-order chi connectivity index (χ1) is 11.4. The lowest BCUT2D eigenvalue weighted by atomic mass is 9.96. The molecule has 1 heterocycles. The summed E-state index contributed by atoms with van der Waals surface area (Å²) in [5, 5.41) is 0. The molecule has 0 atom stereocenters. The van der Waals surface area contributed by atoms with Gasteiger partial charge in [0.2, 0.25) is 15.9 Å². The predicted octanol–water partition coefficient (Wildman–Crippen LogP) is 3.04. The van der Waals surface area contributed by atoms with E-state index in [1.54, 1.807) is 4.90 Å². The average molecular weight is 350 g/mol. The second-order valence-corrected chi connectivity index (χ2v) is 8.66. The predicted molar refractivity (Wildman–Crippen MR) is 94.7 cm³/mol. The third-order valence-corrected chi connectivity index (χ3v) is 6.85. The first-order valence-electron chi connectivity index (χ1n) is 8.82. The molecule has 0 bridgehead atoms. The highest BCUT2D eigenvalue weighted by atomic mass is 32.2. The van der Waals surface area contributed by atoms with Crippen molar-refractivity contribution in [2.75, 3.05) is 11.4 Å². The van der Waals surface area contributed by atoms with Gasteiger partial charge < -0.3 is 4.90 Å². The first-order valence-corrected chi connectivity index (χ1v) is 10.3. The zero-order valence-corrected chi connectivity index (χ0v) is 15.3.